The van der Waals surface area contributed by atoms with Crippen molar-refractivity contribution in [2.75, 3.05) is 26.8 Å². The summed E-state index contributed by atoms with van der Waals surface area (Å²) in [7, 11) is 1.67. The minimum atomic E-state index is -0.359. The van der Waals surface area contributed by atoms with Crippen LogP contribution >= 0.6 is 0 Å². The lowest BCUT2D eigenvalue weighted by molar-refractivity contribution is -0.173. The number of aromatic amines is 1. The van der Waals surface area contributed by atoms with Gasteiger partial charge in [0.15, 0.2) is 11.5 Å². The summed E-state index contributed by atoms with van der Waals surface area (Å²) in [5.74, 6) is 1.84. The number of piperidine rings is 1. The van der Waals surface area contributed by atoms with Crippen molar-refractivity contribution in [3.05, 3.63) is 41.7 Å². The molecule has 2 fully saturated rings. The number of benzene rings is 1. The number of H-pyrrole nitrogens is 1. The molecule has 0 aliphatic carbocycles. The van der Waals surface area contributed by atoms with Gasteiger partial charge in [-0.15, -0.1) is 0 Å². The molecular weight excluding hydrogens is 382 g/mol. The van der Waals surface area contributed by atoms with Gasteiger partial charge in [0.1, 0.15) is 11.3 Å². The smallest absolute Gasteiger partial charge is 0.271 e. The number of nitrogens with zero attached hydrogens (tertiary/aromatic N) is 2. The van der Waals surface area contributed by atoms with E-state index in [-0.39, 0.29) is 28.9 Å². The number of ether oxygens (including phenoxy) is 3. The molecule has 1 N–H and O–H groups in total. The van der Waals surface area contributed by atoms with Crippen LogP contribution in [-0.2, 0) is 4.74 Å². The average Bonchev–Trinajstić information content (AvgIpc) is 3.28. The minimum absolute atomic E-state index is 0.00845. The molecule has 1 amide bonds. The zero-order chi connectivity index (χ0) is 20.9. The Kier molecular flexibility index (Phi) is 4.54. The average molecular weight is 412 g/mol. The number of carbonyl (C=O) groups is 1. The molecule has 2 atom stereocenters. The first kappa shape index (κ1) is 19.4. The van der Waals surface area contributed by atoms with Crippen LogP contribution in [0, 0.1) is 11.3 Å². The van der Waals surface area contributed by atoms with E-state index in [2.05, 4.69) is 30.1 Å². The van der Waals surface area contributed by atoms with E-state index in [1.165, 1.54) is 0 Å². The Morgan fingerprint density at radius 1 is 1.27 bits per heavy atom. The Morgan fingerprint density at radius 3 is 2.77 bits per heavy atom. The molecule has 1 spiro atoms. The van der Waals surface area contributed by atoms with Gasteiger partial charge in [0.05, 0.1) is 19.8 Å². The van der Waals surface area contributed by atoms with Gasteiger partial charge in [-0.05, 0) is 50.7 Å². The van der Waals surface area contributed by atoms with E-state index < -0.39 is 0 Å². The van der Waals surface area contributed by atoms with Crippen LogP contribution in [0.25, 0.3) is 0 Å². The Hall–Kier alpha value is -2.54. The molecule has 0 radical (unpaired) electrons. The van der Waals surface area contributed by atoms with E-state index in [0.29, 0.717) is 12.3 Å². The van der Waals surface area contributed by atoms with Crippen molar-refractivity contribution >= 4 is 5.91 Å². The van der Waals surface area contributed by atoms with Gasteiger partial charge in [-0.1, -0.05) is 12.1 Å². The second-order valence-corrected chi connectivity index (χ2v) is 9.39. The molecule has 160 valence electrons. The van der Waals surface area contributed by atoms with Crippen LogP contribution in [0.3, 0.4) is 0 Å². The maximum Gasteiger partial charge on any atom is 0.271 e. The lowest BCUT2D eigenvalue weighted by Gasteiger charge is -2.54. The third kappa shape index (κ3) is 3.07. The van der Waals surface area contributed by atoms with Crippen LogP contribution in [0.4, 0.5) is 0 Å². The van der Waals surface area contributed by atoms with Gasteiger partial charge in [-0.3, -0.25) is 9.89 Å². The molecule has 1 aromatic carbocycles. The van der Waals surface area contributed by atoms with Crippen LogP contribution in [0.15, 0.2) is 30.5 Å². The maximum absolute atomic E-state index is 12.7. The first-order valence-corrected chi connectivity index (χ1v) is 10.7. The lowest BCUT2D eigenvalue weighted by Crippen LogP contribution is -2.54. The summed E-state index contributed by atoms with van der Waals surface area (Å²) in [5, 5.41) is 6.68. The summed E-state index contributed by atoms with van der Waals surface area (Å²) < 4.78 is 18.6. The van der Waals surface area contributed by atoms with Crippen molar-refractivity contribution in [2.45, 2.75) is 44.8 Å². The molecule has 0 unspecified atom stereocenters. The maximum atomic E-state index is 12.7. The van der Waals surface area contributed by atoms with Gasteiger partial charge < -0.3 is 19.1 Å². The van der Waals surface area contributed by atoms with Gasteiger partial charge in [-0.2, -0.15) is 5.10 Å². The SMILES string of the molecule is COc1cccc2c1OC(C)(C)[C@H]1CC3(CCN(C(=O)c4ccn[nH]4)CC3)CO[C@H]21. The largest absolute Gasteiger partial charge is 0.493 e. The van der Waals surface area contributed by atoms with E-state index in [9.17, 15) is 4.79 Å². The third-order valence-corrected chi connectivity index (χ3v) is 7.22. The van der Waals surface area contributed by atoms with Gasteiger partial charge in [0, 0.05) is 30.8 Å². The summed E-state index contributed by atoms with van der Waals surface area (Å²) >= 11 is 0. The normalized spacial score (nSPS) is 26.4. The number of amides is 1. The molecule has 3 aliphatic heterocycles. The molecule has 2 saturated heterocycles. The van der Waals surface area contributed by atoms with Gasteiger partial charge in [0.25, 0.3) is 5.91 Å². The van der Waals surface area contributed by atoms with Crippen LogP contribution in [-0.4, -0.2) is 53.4 Å². The standard InChI is InChI=1S/C23H29N3O4/c1-22(2)16-13-23(8-11-26(12-9-23)21(27)17-7-10-24-25-17)14-29-19(16)15-5-4-6-18(28-3)20(15)30-22/h4-7,10,16,19H,8-9,11-14H2,1-3H3,(H,24,25)/t16-,19+/m0/s1. The summed E-state index contributed by atoms with van der Waals surface area (Å²) in [6.07, 6.45) is 4.54. The number of hydrogen-bond donors (Lipinski definition) is 1. The van der Waals surface area contributed by atoms with Crippen LogP contribution in [0.2, 0.25) is 0 Å². The zero-order valence-corrected chi connectivity index (χ0v) is 17.8. The molecule has 5 rings (SSSR count). The second-order valence-electron chi connectivity index (χ2n) is 9.39. The highest BCUT2D eigenvalue weighted by molar-refractivity contribution is 5.92. The van der Waals surface area contributed by atoms with E-state index in [4.69, 9.17) is 14.2 Å². The van der Waals surface area contributed by atoms with Crippen molar-refractivity contribution in [1.29, 1.82) is 0 Å². The lowest BCUT2D eigenvalue weighted by atomic mass is 9.64. The molecule has 1 aromatic heterocycles. The fraction of sp³-hybridized carbons (Fsp3) is 0.565. The van der Waals surface area contributed by atoms with Crippen molar-refractivity contribution in [2.24, 2.45) is 11.3 Å². The number of carbonyl (C=O) groups excluding carboxylic acids is 1. The summed E-state index contributed by atoms with van der Waals surface area (Å²) in [6.45, 7) is 6.50. The van der Waals surface area contributed by atoms with E-state index in [1.54, 1.807) is 19.4 Å². The number of likely N-dealkylation sites (tertiary alicyclic amines) is 1. The quantitative estimate of drug-likeness (QED) is 0.817. The molecule has 3 aliphatic rings. The van der Waals surface area contributed by atoms with Crippen molar-refractivity contribution < 1.29 is 19.0 Å². The third-order valence-electron chi connectivity index (χ3n) is 7.22. The van der Waals surface area contributed by atoms with Crippen LogP contribution < -0.4 is 9.47 Å². The highest BCUT2D eigenvalue weighted by Crippen LogP contribution is 2.57. The predicted octanol–water partition coefficient (Wildman–Crippen LogP) is 3.59. The molecule has 0 saturated carbocycles. The minimum Gasteiger partial charge on any atom is -0.493 e. The van der Waals surface area contributed by atoms with Crippen molar-refractivity contribution in [3.8, 4) is 11.5 Å². The van der Waals surface area contributed by atoms with Gasteiger partial charge in [0.2, 0.25) is 0 Å². The zero-order valence-electron chi connectivity index (χ0n) is 17.8. The first-order valence-electron chi connectivity index (χ1n) is 10.7. The highest BCUT2D eigenvalue weighted by Gasteiger charge is 2.53. The monoisotopic (exact) mass is 411 g/mol. The molecule has 4 heterocycles. The molecule has 0 bridgehead atoms. The van der Waals surface area contributed by atoms with Crippen molar-refractivity contribution in [3.63, 3.8) is 0 Å². The molecular formula is C23H29N3O4. The van der Waals surface area contributed by atoms with Crippen molar-refractivity contribution in [1.82, 2.24) is 15.1 Å². The highest BCUT2D eigenvalue weighted by atomic mass is 16.5. The predicted molar refractivity (Wildman–Crippen MR) is 111 cm³/mol. The number of aromatic nitrogens is 2. The Balaban J connectivity index is 1.34. The Morgan fingerprint density at radius 2 is 2.07 bits per heavy atom. The second kappa shape index (κ2) is 7.01. The number of rotatable bonds is 2. The summed E-state index contributed by atoms with van der Waals surface area (Å²) in [6, 6.07) is 7.76. The van der Waals surface area contributed by atoms with E-state index in [0.717, 1.165) is 49.4 Å². The number of hydrogen-bond acceptors (Lipinski definition) is 5. The van der Waals surface area contributed by atoms with Gasteiger partial charge in [-0.25, -0.2) is 0 Å². The fourth-order valence-electron chi connectivity index (χ4n) is 5.38. The molecule has 2 aromatic rings. The van der Waals surface area contributed by atoms with E-state index >= 15 is 0 Å². The number of methoxy groups -OCH3 is 1. The Labute approximate surface area is 176 Å². The van der Waals surface area contributed by atoms with Gasteiger partial charge >= 0.3 is 0 Å². The number of fused-ring (bicyclic) bond motifs is 3. The molecule has 7 nitrogen and oxygen atoms in total. The molecule has 30 heavy (non-hydrogen) atoms. The number of nitrogens with one attached hydrogen (secondary N) is 1. The Bertz CT molecular complexity index is 932. The van der Waals surface area contributed by atoms with E-state index in [1.807, 2.05) is 17.0 Å². The summed E-state index contributed by atoms with van der Waals surface area (Å²) in [5.41, 5.74) is 1.37. The molecule has 7 heteroatoms. The topological polar surface area (TPSA) is 76.7 Å². The summed E-state index contributed by atoms with van der Waals surface area (Å²) in [4.78, 5) is 14.6. The van der Waals surface area contributed by atoms with Crippen LogP contribution in [0.1, 0.15) is 55.3 Å². The first-order chi connectivity index (χ1) is 14.4. The van der Waals surface area contributed by atoms with Crippen LogP contribution in [0.5, 0.6) is 11.5 Å². The fourth-order valence-corrected chi connectivity index (χ4v) is 5.38. The number of para-hydroxylation sites is 1.